The van der Waals surface area contributed by atoms with E-state index in [0.717, 1.165) is 17.1 Å². The Balaban J connectivity index is 2.62. The molecule has 2 nitrogen and oxygen atoms in total. The minimum Gasteiger partial charge on any atom is -0.370 e. The first-order valence-corrected chi connectivity index (χ1v) is 5.39. The van der Waals surface area contributed by atoms with Gasteiger partial charge in [-0.3, -0.25) is 0 Å². The summed E-state index contributed by atoms with van der Waals surface area (Å²) in [7, 11) is 2.76. The van der Waals surface area contributed by atoms with Crippen molar-refractivity contribution >= 4 is 10.4 Å². The fourth-order valence-electron chi connectivity index (χ4n) is 1.30. The molecular formula is C10H17NOSi. The van der Waals surface area contributed by atoms with Gasteiger partial charge in [-0.1, -0.05) is 30.3 Å². The molecule has 0 heterocycles. The standard InChI is InChI=1S/C10H17NOSi/c1-9(11(13)8-12-2)10-6-4-3-5-7-10/h3-7,9H,8H2,1-2,13H3. The molecule has 0 aromatic heterocycles. The monoisotopic (exact) mass is 195 g/mol. The van der Waals surface area contributed by atoms with E-state index in [0.29, 0.717) is 6.04 Å². The van der Waals surface area contributed by atoms with Gasteiger partial charge in [-0.05, 0) is 12.5 Å². The maximum Gasteiger partial charge on any atom is 0.0925 e. The third-order valence-electron chi connectivity index (χ3n) is 2.28. The topological polar surface area (TPSA) is 12.5 Å². The predicted molar refractivity (Wildman–Crippen MR) is 58.5 cm³/mol. The number of hydrogen-bond acceptors (Lipinski definition) is 2. The van der Waals surface area contributed by atoms with Crippen molar-refractivity contribution in [2.24, 2.45) is 0 Å². The smallest absolute Gasteiger partial charge is 0.0925 e. The first-order valence-electron chi connectivity index (χ1n) is 4.50. The Morgan fingerprint density at radius 2 is 2.00 bits per heavy atom. The highest BCUT2D eigenvalue weighted by molar-refractivity contribution is 6.04. The molecule has 1 aromatic rings. The van der Waals surface area contributed by atoms with Crippen LogP contribution in [0.2, 0.25) is 0 Å². The Labute approximate surface area is 83.0 Å². The molecular weight excluding hydrogens is 178 g/mol. The highest BCUT2D eigenvalue weighted by Crippen LogP contribution is 2.16. The molecule has 72 valence electrons. The molecule has 0 fully saturated rings. The molecule has 0 amide bonds. The van der Waals surface area contributed by atoms with Gasteiger partial charge in [0.15, 0.2) is 0 Å². The number of methoxy groups -OCH3 is 1. The average molecular weight is 195 g/mol. The number of benzene rings is 1. The maximum absolute atomic E-state index is 5.11. The van der Waals surface area contributed by atoms with E-state index >= 15 is 0 Å². The third kappa shape index (κ3) is 2.95. The van der Waals surface area contributed by atoms with Crippen LogP contribution in [0.4, 0.5) is 0 Å². The van der Waals surface area contributed by atoms with Crippen LogP contribution in [0.5, 0.6) is 0 Å². The molecule has 0 aliphatic heterocycles. The lowest BCUT2D eigenvalue weighted by Crippen LogP contribution is -2.26. The molecule has 0 saturated carbocycles. The lowest BCUT2D eigenvalue weighted by molar-refractivity contribution is 0.0993. The van der Waals surface area contributed by atoms with Crippen LogP contribution in [0.15, 0.2) is 30.3 Å². The van der Waals surface area contributed by atoms with E-state index in [1.807, 2.05) is 6.07 Å². The van der Waals surface area contributed by atoms with Gasteiger partial charge in [0.05, 0.1) is 17.1 Å². The van der Waals surface area contributed by atoms with Crippen LogP contribution in [-0.2, 0) is 4.74 Å². The minimum absolute atomic E-state index is 0.466. The molecule has 0 aliphatic carbocycles. The largest absolute Gasteiger partial charge is 0.370 e. The van der Waals surface area contributed by atoms with Crippen molar-refractivity contribution in [3.05, 3.63) is 35.9 Å². The van der Waals surface area contributed by atoms with E-state index in [-0.39, 0.29) is 0 Å². The molecule has 1 atom stereocenters. The third-order valence-corrected chi connectivity index (χ3v) is 3.31. The van der Waals surface area contributed by atoms with E-state index < -0.39 is 0 Å². The van der Waals surface area contributed by atoms with E-state index in [1.54, 1.807) is 7.11 Å². The lowest BCUT2D eigenvalue weighted by Gasteiger charge is -2.24. The maximum atomic E-state index is 5.11. The number of nitrogens with zero attached hydrogens (tertiary/aromatic N) is 1. The molecule has 13 heavy (non-hydrogen) atoms. The summed E-state index contributed by atoms with van der Waals surface area (Å²) in [6, 6.07) is 11.0. The number of hydrogen-bond donors (Lipinski definition) is 0. The van der Waals surface area contributed by atoms with Crippen molar-refractivity contribution in [2.45, 2.75) is 13.0 Å². The molecule has 0 bridgehead atoms. The van der Waals surface area contributed by atoms with Crippen molar-refractivity contribution < 1.29 is 4.74 Å². The molecule has 1 aromatic carbocycles. The van der Waals surface area contributed by atoms with Crippen molar-refractivity contribution in [3.63, 3.8) is 0 Å². The highest BCUT2D eigenvalue weighted by Gasteiger charge is 2.09. The Hall–Kier alpha value is -0.643. The summed E-state index contributed by atoms with van der Waals surface area (Å²) in [6.07, 6.45) is 0. The normalized spacial score (nSPS) is 13.5. The zero-order valence-electron chi connectivity index (χ0n) is 8.53. The van der Waals surface area contributed by atoms with E-state index in [9.17, 15) is 0 Å². The Morgan fingerprint density at radius 3 is 2.54 bits per heavy atom. The van der Waals surface area contributed by atoms with E-state index in [1.165, 1.54) is 5.56 Å². The number of rotatable bonds is 4. The first kappa shape index (κ1) is 10.4. The fraction of sp³-hybridized carbons (Fsp3) is 0.400. The second-order valence-electron chi connectivity index (χ2n) is 3.26. The van der Waals surface area contributed by atoms with Crippen molar-refractivity contribution in [1.29, 1.82) is 0 Å². The summed E-state index contributed by atoms with van der Waals surface area (Å²) in [5.74, 6) is 0. The van der Waals surface area contributed by atoms with Crippen LogP contribution >= 0.6 is 0 Å². The zero-order chi connectivity index (χ0) is 9.68. The van der Waals surface area contributed by atoms with Gasteiger partial charge in [-0.25, -0.2) is 0 Å². The van der Waals surface area contributed by atoms with Gasteiger partial charge in [0.2, 0.25) is 0 Å². The van der Waals surface area contributed by atoms with Crippen molar-refractivity contribution in [2.75, 3.05) is 13.8 Å². The molecule has 3 heteroatoms. The summed E-state index contributed by atoms with van der Waals surface area (Å²) in [5, 5.41) is 0. The van der Waals surface area contributed by atoms with E-state index in [4.69, 9.17) is 4.74 Å². The second-order valence-corrected chi connectivity index (χ2v) is 4.41. The Bertz CT molecular complexity index is 240. The molecule has 0 radical (unpaired) electrons. The summed E-state index contributed by atoms with van der Waals surface area (Å²) >= 11 is 0. The van der Waals surface area contributed by atoms with Gasteiger partial charge in [-0.2, -0.15) is 0 Å². The van der Waals surface area contributed by atoms with Gasteiger partial charge in [0.1, 0.15) is 0 Å². The van der Waals surface area contributed by atoms with Crippen molar-refractivity contribution in [3.8, 4) is 0 Å². The average Bonchev–Trinajstić information content (AvgIpc) is 2.18. The quantitative estimate of drug-likeness (QED) is 0.523. The molecule has 0 N–H and O–H groups in total. The Morgan fingerprint density at radius 1 is 1.38 bits per heavy atom. The summed E-state index contributed by atoms with van der Waals surface area (Å²) < 4.78 is 7.41. The summed E-state index contributed by atoms with van der Waals surface area (Å²) in [6.45, 7) is 2.93. The molecule has 1 unspecified atom stereocenters. The first-order chi connectivity index (χ1) is 6.25. The molecule has 0 saturated heterocycles. The van der Waals surface area contributed by atoms with Gasteiger partial charge in [-0.15, -0.1) is 0 Å². The summed E-state index contributed by atoms with van der Waals surface area (Å²) in [5.41, 5.74) is 1.36. The van der Waals surface area contributed by atoms with Gasteiger partial charge in [0, 0.05) is 13.2 Å². The van der Waals surface area contributed by atoms with Gasteiger partial charge in [0.25, 0.3) is 0 Å². The Kier molecular flexibility index (Phi) is 4.15. The fourth-order valence-corrected chi connectivity index (χ4v) is 1.86. The summed E-state index contributed by atoms with van der Waals surface area (Å²) in [4.78, 5) is 0. The molecule has 0 spiro atoms. The van der Waals surface area contributed by atoms with E-state index in [2.05, 4.69) is 35.8 Å². The molecule has 1 rings (SSSR count). The van der Waals surface area contributed by atoms with Crippen molar-refractivity contribution in [1.82, 2.24) is 4.57 Å². The van der Waals surface area contributed by atoms with Crippen LogP contribution in [0.3, 0.4) is 0 Å². The SMILES string of the molecule is COCN([SiH3])C(C)c1ccccc1. The van der Waals surface area contributed by atoms with Crippen LogP contribution < -0.4 is 0 Å². The minimum atomic E-state index is 0.466. The number of ether oxygens (including phenoxy) is 1. The second kappa shape index (κ2) is 5.17. The highest BCUT2D eigenvalue weighted by atomic mass is 28.2. The molecule has 0 aliphatic rings. The lowest BCUT2D eigenvalue weighted by atomic mass is 10.1. The van der Waals surface area contributed by atoms with Gasteiger partial charge < -0.3 is 9.30 Å². The zero-order valence-corrected chi connectivity index (χ0v) is 10.5. The van der Waals surface area contributed by atoms with Crippen LogP contribution in [-0.4, -0.2) is 28.8 Å². The van der Waals surface area contributed by atoms with Crippen LogP contribution in [0.1, 0.15) is 18.5 Å². The predicted octanol–water partition coefficient (Wildman–Crippen LogP) is 0.934. The van der Waals surface area contributed by atoms with Gasteiger partial charge >= 0.3 is 0 Å². The van der Waals surface area contributed by atoms with Crippen LogP contribution in [0, 0.1) is 0 Å². The van der Waals surface area contributed by atoms with Crippen LogP contribution in [0.25, 0.3) is 0 Å².